The van der Waals surface area contributed by atoms with Gasteiger partial charge in [-0.3, -0.25) is 19.2 Å². The smallest absolute Gasteiger partial charge is 0.273 e. The normalized spacial score (nSPS) is 20.4. The molecule has 0 bridgehead atoms. The van der Waals surface area contributed by atoms with Gasteiger partial charge in [0.2, 0.25) is 0 Å². The molecule has 1 fully saturated rings. The maximum absolute atomic E-state index is 13.6. The summed E-state index contributed by atoms with van der Waals surface area (Å²) >= 11 is 5.96. The van der Waals surface area contributed by atoms with E-state index < -0.39 is 41.4 Å². The van der Waals surface area contributed by atoms with E-state index in [4.69, 9.17) is 16.3 Å². The lowest BCUT2D eigenvalue weighted by Gasteiger charge is -2.34. The second-order valence-electron chi connectivity index (χ2n) is 8.07. The van der Waals surface area contributed by atoms with Gasteiger partial charge in [0.1, 0.15) is 11.8 Å². The van der Waals surface area contributed by atoms with Gasteiger partial charge in [-0.2, -0.15) is 5.01 Å². The number of ether oxygens (including phenoxy) is 1. The second-order valence-corrected chi connectivity index (χ2v) is 8.51. The first-order valence-electron chi connectivity index (χ1n) is 10.6. The molecule has 0 saturated carbocycles. The van der Waals surface area contributed by atoms with Crippen molar-refractivity contribution in [2.45, 2.75) is 25.8 Å². The zero-order valence-corrected chi connectivity index (χ0v) is 19.0. The third kappa shape index (κ3) is 4.16. The van der Waals surface area contributed by atoms with Crippen molar-refractivity contribution in [3.63, 3.8) is 0 Å². The summed E-state index contributed by atoms with van der Waals surface area (Å²) in [5.41, 5.74) is 0.540. The number of carbonyl (C=O) groups is 4. The molecule has 1 aliphatic heterocycles. The van der Waals surface area contributed by atoms with Gasteiger partial charge in [-0.25, -0.2) is 5.01 Å². The van der Waals surface area contributed by atoms with Crippen LogP contribution in [0.5, 0.6) is 5.75 Å². The lowest BCUT2D eigenvalue weighted by Crippen LogP contribution is -2.56. The zero-order chi connectivity index (χ0) is 23.7. The third-order valence-electron chi connectivity index (χ3n) is 6.12. The fraction of sp³-hybridized carbons (Fsp3) is 0.280. The first-order valence-corrected chi connectivity index (χ1v) is 11.0. The molecule has 170 valence electrons. The number of rotatable bonds is 6. The average Bonchev–Trinajstić information content (AvgIpc) is 3.09. The van der Waals surface area contributed by atoms with E-state index in [2.05, 4.69) is 0 Å². The number of hydrogen-bond donors (Lipinski definition) is 0. The first kappa shape index (κ1) is 22.7. The summed E-state index contributed by atoms with van der Waals surface area (Å²) in [5, 5.41) is 2.32. The topological polar surface area (TPSA) is 84.0 Å². The van der Waals surface area contributed by atoms with Crippen molar-refractivity contribution < 1.29 is 23.9 Å². The molecule has 8 heteroatoms. The first-order chi connectivity index (χ1) is 15.8. The van der Waals surface area contributed by atoms with Crippen LogP contribution in [0.15, 0.2) is 60.7 Å². The van der Waals surface area contributed by atoms with E-state index in [1.807, 2.05) is 12.2 Å². The number of hydrazine groups is 1. The Hall–Kier alpha value is -3.45. The molecule has 0 unspecified atom stereocenters. The number of Topliss-reactive ketones (excluding diaryl/α,β-unsaturated/α-hetero) is 1. The highest BCUT2D eigenvalue weighted by molar-refractivity contribution is 6.30. The van der Waals surface area contributed by atoms with Crippen LogP contribution in [0.4, 0.5) is 0 Å². The van der Waals surface area contributed by atoms with Crippen LogP contribution in [0.1, 0.15) is 40.5 Å². The number of methoxy groups -OCH3 is 1. The van der Waals surface area contributed by atoms with E-state index in [0.717, 1.165) is 10.0 Å². The molecule has 33 heavy (non-hydrogen) atoms. The molecule has 3 atom stereocenters. The molecular weight excluding hydrogens is 444 g/mol. The van der Waals surface area contributed by atoms with Crippen molar-refractivity contribution in [3.8, 4) is 5.75 Å². The fourth-order valence-corrected chi connectivity index (χ4v) is 4.39. The highest BCUT2D eigenvalue weighted by Crippen LogP contribution is 2.37. The predicted molar refractivity (Wildman–Crippen MR) is 122 cm³/mol. The Kier molecular flexibility index (Phi) is 6.33. The van der Waals surface area contributed by atoms with Crippen LogP contribution >= 0.6 is 11.6 Å². The van der Waals surface area contributed by atoms with Crippen molar-refractivity contribution in [2.24, 2.45) is 11.8 Å². The van der Waals surface area contributed by atoms with Gasteiger partial charge >= 0.3 is 0 Å². The molecule has 2 aliphatic rings. The van der Waals surface area contributed by atoms with Crippen LogP contribution in [-0.2, 0) is 9.59 Å². The van der Waals surface area contributed by atoms with Crippen LogP contribution in [-0.4, -0.2) is 46.7 Å². The largest absolute Gasteiger partial charge is 0.497 e. The van der Waals surface area contributed by atoms with E-state index >= 15 is 0 Å². The minimum absolute atomic E-state index is 0.211. The summed E-state index contributed by atoms with van der Waals surface area (Å²) in [6, 6.07) is 11.4. The van der Waals surface area contributed by atoms with Gasteiger partial charge < -0.3 is 4.74 Å². The Morgan fingerprint density at radius 3 is 1.97 bits per heavy atom. The SMILES string of the molecule is COc1ccc(C(=O)[C@H](C)N(C(=O)c2ccc(Cl)cc2)N2C(=O)[C@H]3CC=CC[C@@H]3C2=O)cc1. The van der Waals surface area contributed by atoms with Gasteiger partial charge in [0.15, 0.2) is 5.78 Å². The van der Waals surface area contributed by atoms with Gasteiger partial charge in [0.05, 0.1) is 18.9 Å². The molecule has 1 saturated heterocycles. The fourth-order valence-electron chi connectivity index (χ4n) is 4.27. The maximum atomic E-state index is 13.6. The van der Waals surface area contributed by atoms with E-state index in [1.165, 1.54) is 26.2 Å². The summed E-state index contributed by atoms with van der Waals surface area (Å²) in [7, 11) is 1.52. The summed E-state index contributed by atoms with van der Waals surface area (Å²) in [4.78, 5) is 53.4. The van der Waals surface area contributed by atoms with E-state index in [9.17, 15) is 19.2 Å². The van der Waals surface area contributed by atoms with Crippen molar-refractivity contribution in [1.82, 2.24) is 10.0 Å². The van der Waals surface area contributed by atoms with Gasteiger partial charge in [0, 0.05) is 16.1 Å². The molecule has 2 aromatic carbocycles. The highest BCUT2D eigenvalue weighted by atomic mass is 35.5. The van der Waals surface area contributed by atoms with Crippen molar-refractivity contribution >= 4 is 35.1 Å². The minimum atomic E-state index is -1.11. The van der Waals surface area contributed by atoms with Gasteiger partial charge in [0.25, 0.3) is 17.7 Å². The molecule has 0 spiro atoms. The maximum Gasteiger partial charge on any atom is 0.273 e. The lowest BCUT2D eigenvalue weighted by atomic mass is 9.85. The van der Waals surface area contributed by atoms with E-state index in [1.54, 1.807) is 36.4 Å². The van der Waals surface area contributed by atoms with Crippen molar-refractivity contribution in [2.75, 3.05) is 7.11 Å². The van der Waals surface area contributed by atoms with Crippen LogP contribution in [0.25, 0.3) is 0 Å². The summed E-state index contributed by atoms with van der Waals surface area (Å²) < 4.78 is 5.14. The number of nitrogens with zero attached hydrogens (tertiary/aromatic N) is 2. The number of hydrogen-bond acceptors (Lipinski definition) is 5. The number of amides is 3. The van der Waals surface area contributed by atoms with Crippen LogP contribution in [0.3, 0.4) is 0 Å². The summed E-state index contributed by atoms with van der Waals surface area (Å²) in [6.45, 7) is 1.52. The minimum Gasteiger partial charge on any atom is -0.497 e. The molecule has 2 aromatic rings. The van der Waals surface area contributed by atoms with Crippen LogP contribution < -0.4 is 4.74 Å². The molecule has 3 amide bonds. The molecule has 0 aromatic heterocycles. The number of fused-ring (bicyclic) bond motifs is 1. The molecular formula is C25H23ClN2O5. The molecule has 4 rings (SSSR count). The number of allylic oxidation sites excluding steroid dienone is 2. The molecule has 0 N–H and O–H groups in total. The Morgan fingerprint density at radius 2 is 1.45 bits per heavy atom. The van der Waals surface area contributed by atoms with E-state index in [-0.39, 0.29) is 5.56 Å². The molecule has 1 heterocycles. The number of imide groups is 1. The van der Waals surface area contributed by atoms with Gasteiger partial charge in [-0.05, 0) is 68.3 Å². The highest BCUT2D eigenvalue weighted by Gasteiger charge is 2.52. The Bertz CT molecular complexity index is 1100. The van der Waals surface area contributed by atoms with E-state index in [0.29, 0.717) is 29.2 Å². The Balaban J connectivity index is 1.73. The number of halogens is 1. The average molecular weight is 467 g/mol. The van der Waals surface area contributed by atoms with Crippen molar-refractivity contribution in [1.29, 1.82) is 0 Å². The van der Waals surface area contributed by atoms with Crippen LogP contribution in [0, 0.1) is 11.8 Å². The molecule has 7 nitrogen and oxygen atoms in total. The monoisotopic (exact) mass is 466 g/mol. The Labute approximate surface area is 196 Å². The summed E-state index contributed by atoms with van der Waals surface area (Å²) in [6.07, 6.45) is 4.59. The quantitative estimate of drug-likeness (QED) is 0.366. The lowest BCUT2D eigenvalue weighted by molar-refractivity contribution is -0.156. The predicted octanol–water partition coefficient (Wildman–Crippen LogP) is 3.93. The zero-order valence-electron chi connectivity index (χ0n) is 18.2. The van der Waals surface area contributed by atoms with Gasteiger partial charge in [-0.15, -0.1) is 0 Å². The molecule has 0 radical (unpaired) electrons. The standard InChI is InChI=1S/C25H23ClN2O5/c1-15(22(29)16-9-13-19(33-2)14-10-16)27(23(30)17-7-11-18(26)12-8-17)28-24(31)20-5-3-4-6-21(20)25(28)32/h3-4,7-15,20-21H,5-6H2,1-2H3/t15-,20-,21-/m0/s1. The van der Waals surface area contributed by atoms with Crippen LogP contribution in [0.2, 0.25) is 5.02 Å². The number of carbonyl (C=O) groups excluding carboxylic acids is 4. The number of ketones is 1. The second kappa shape index (κ2) is 9.19. The Morgan fingerprint density at radius 1 is 0.939 bits per heavy atom. The number of benzene rings is 2. The summed E-state index contributed by atoms with van der Waals surface area (Å²) in [5.74, 6) is -2.47. The van der Waals surface area contributed by atoms with Gasteiger partial charge in [-0.1, -0.05) is 23.8 Å². The third-order valence-corrected chi connectivity index (χ3v) is 6.37. The van der Waals surface area contributed by atoms with Crippen molar-refractivity contribution in [3.05, 3.63) is 76.8 Å². The molecule has 1 aliphatic carbocycles.